The first-order valence-electron chi connectivity index (χ1n) is 11.5. The number of urea groups is 1. The van der Waals surface area contributed by atoms with Gasteiger partial charge in [0.2, 0.25) is 0 Å². The molecule has 0 radical (unpaired) electrons. The number of para-hydroxylation sites is 3. The van der Waals surface area contributed by atoms with E-state index >= 15 is 0 Å². The Morgan fingerprint density at radius 2 is 1.68 bits per heavy atom. The fourth-order valence-electron chi connectivity index (χ4n) is 5.40. The highest BCUT2D eigenvalue weighted by molar-refractivity contribution is 5.89. The van der Waals surface area contributed by atoms with Crippen LogP contribution in [0.15, 0.2) is 54.6 Å². The average Bonchev–Trinajstić information content (AvgIpc) is 3.02. The minimum atomic E-state index is -0.124. The van der Waals surface area contributed by atoms with Crippen LogP contribution in [-0.2, 0) is 0 Å². The maximum atomic E-state index is 12.1. The van der Waals surface area contributed by atoms with Crippen molar-refractivity contribution in [2.24, 2.45) is 5.92 Å². The Bertz CT molecular complexity index is 877. The van der Waals surface area contributed by atoms with Gasteiger partial charge >= 0.3 is 6.03 Å². The van der Waals surface area contributed by atoms with Crippen molar-refractivity contribution in [3.63, 3.8) is 0 Å². The van der Waals surface area contributed by atoms with Crippen LogP contribution >= 0.6 is 0 Å². The lowest BCUT2D eigenvalue weighted by molar-refractivity contribution is 0.0199. The first kappa shape index (κ1) is 20.2. The highest BCUT2D eigenvalue weighted by Crippen LogP contribution is 2.40. The summed E-state index contributed by atoms with van der Waals surface area (Å²) in [6, 6.07) is 18.6. The monoisotopic (exact) mass is 421 g/mol. The van der Waals surface area contributed by atoms with Crippen molar-refractivity contribution in [2.75, 3.05) is 25.0 Å². The first-order chi connectivity index (χ1) is 15.2. The highest BCUT2D eigenvalue weighted by Gasteiger charge is 2.41. The average molecular weight is 422 g/mol. The molecule has 2 aromatic rings. The number of anilines is 1. The smallest absolute Gasteiger partial charge is 0.319 e. The second kappa shape index (κ2) is 9.18. The van der Waals surface area contributed by atoms with Crippen LogP contribution in [0.4, 0.5) is 10.5 Å². The second-order valence-corrected chi connectivity index (χ2v) is 8.95. The van der Waals surface area contributed by atoms with Gasteiger partial charge in [-0.3, -0.25) is 4.90 Å². The van der Waals surface area contributed by atoms with Crippen LogP contribution in [0.5, 0.6) is 11.5 Å². The van der Waals surface area contributed by atoms with Crippen molar-refractivity contribution in [3.05, 3.63) is 54.6 Å². The van der Waals surface area contributed by atoms with Gasteiger partial charge in [-0.1, -0.05) is 30.3 Å². The maximum absolute atomic E-state index is 12.1. The normalized spacial score (nSPS) is 27.0. The Kier molecular flexibility index (Phi) is 5.98. The third-order valence-electron chi connectivity index (χ3n) is 6.83. The molecule has 164 valence electrons. The van der Waals surface area contributed by atoms with Crippen LogP contribution in [0.1, 0.15) is 32.1 Å². The number of hydrogen-bond donors (Lipinski definition) is 2. The van der Waals surface area contributed by atoms with Gasteiger partial charge < -0.3 is 20.1 Å². The number of fused-ring (bicyclic) bond motifs is 3. The number of nitrogens with zero attached hydrogens (tertiary/aromatic N) is 1. The Morgan fingerprint density at radius 1 is 0.968 bits per heavy atom. The molecule has 2 amide bonds. The zero-order valence-corrected chi connectivity index (χ0v) is 17.8. The molecule has 3 atom stereocenters. The molecule has 2 fully saturated rings. The van der Waals surface area contributed by atoms with E-state index in [1.54, 1.807) is 0 Å². The molecule has 3 aliphatic heterocycles. The maximum Gasteiger partial charge on any atom is 0.319 e. The number of piperidine rings is 1. The summed E-state index contributed by atoms with van der Waals surface area (Å²) < 4.78 is 12.1. The van der Waals surface area contributed by atoms with Gasteiger partial charge in [-0.2, -0.15) is 0 Å². The van der Waals surface area contributed by atoms with Crippen LogP contribution in [0.3, 0.4) is 0 Å². The number of hydrogen-bond acceptors (Lipinski definition) is 4. The summed E-state index contributed by atoms with van der Waals surface area (Å²) in [4.78, 5) is 14.8. The lowest BCUT2D eigenvalue weighted by Crippen LogP contribution is -2.49. The lowest BCUT2D eigenvalue weighted by atomic mass is 9.88. The van der Waals surface area contributed by atoms with Crippen LogP contribution in [-0.4, -0.2) is 48.8 Å². The van der Waals surface area contributed by atoms with E-state index < -0.39 is 0 Å². The number of amides is 2. The first-order valence-corrected chi connectivity index (χ1v) is 11.5. The number of ether oxygens (including phenoxy) is 2. The molecule has 31 heavy (non-hydrogen) atoms. The van der Waals surface area contributed by atoms with Gasteiger partial charge in [-0.05, 0) is 62.3 Å². The molecule has 2 aromatic carbocycles. The standard InChI is InChI=1S/C25H31N3O3/c29-25(27-19-6-2-1-3-7-19)26-13-12-18-14-20-10-11-21(15-18)28(20)16-22-17-30-23-8-4-5-9-24(23)31-22/h1-9,18,20-22H,10-17H2,(H2,26,27,29). The van der Waals surface area contributed by atoms with Crippen LogP contribution in [0, 0.1) is 5.92 Å². The van der Waals surface area contributed by atoms with Gasteiger partial charge in [-0.15, -0.1) is 0 Å². The molecule has 3 aliphatic rings. The third-order valence-corrected chi connectivity index (χ3v) is 6.83. The molecule has 2 saturated heterocycles. The molecule has 3 heterocycles. The molecule has 2 bridgehead atoms. The number of carbonyl (C=O) groups excluding carboxylic acids is 1. The summed E-state index contributed by atoms with van der Waals surface area (Å²) in [5, 5.41) is 5.90. The van der Waals surface area contributed by atoms with Gasteiger partial charge in [0.1, 0.15) is 12.7 Å². The van der Waals surface area contributed by atoms with Crippen LogP contribution in [0.25, 0.3) is 0 Å². The topological polar surface area (TPSA) is 62.8 Å². The van der Waals surface area contributed by atoms with Crippen LogP contribution < -0.4 is 20.1 Å². The van der Waals surface area contributed by atoms with Crippen molar-refractivity contribution < 1.29 is 14.3 Å². The number of rotatable bonds is 6. The molecular formula is C25H31N3O3. The Morgan fingerprint density at radius 3 is 2.45 bits per heavy atom. The molecule has 5 rings (SSSR count). The van der Waals surface area contributed by atoms with E-state index in [9.17, 15) is 4.79 Å². The molecule has 0 spiro atoms. The van der Waals surface area contributed by atoms with E-state index in [4.69, 9.17) is 9.47 Å². The zero-order chi connectivity index (χ0) is 21.0. The van der Waals surface area contributed by atoms with Crippen molar-refractivity contribution in [2.45, 2.75) is 50.3 Å². The Balaban J connectivity index is 1.07. The summed E-state index contributed by atoms with van der Waals surface area (Å²) in [5.74, 6) is 2.39. The predicted octanol–water partition coefficient (Wildman–Crippen LogP) is 4.28. The van der Waals surface area contributed by atoms with E-state index in [1.807, 2.05) is 54.6 Å². The molecular weight excluding hydrogens is 390 g/mol. The zero-order valence-electron chi connectivity index (χ0n) is 17.8. The van der Waals surface area contributed by atoms with Gasteiger partial charge in [0.15, 0.2) is 11.5 Å². The fourth-order valence-corrected chi connectivity index (χ4v) is 5.40. The van der Waals surface area contributed by atoms with Crippen LogP contribution in [0.2, 0.25) is 0 Å². The quantitative estimate of drug-likeness (QED) is 0.731. The molecule has 0 saturated carbocycles. The molecule has 2 N–H and O–H groups in total. The van der Waals surface area contributed by atoms with E-state index in [2.05, 4.69) is 15.5 Å². The third kappa shape index (κ3) is 4.79. The van der Waals surface area contributed by atoms with E-state index in [0.717, 1.165) is 36.7 Å². The number of carbonyl (C=O) groups is 1. The van der Waals surface area contributed by atoms with Gasteiger partial charge in [0.05, 0.1) is 0 Å². The van der Waals surface area contributed by atoms with Crippen molar-refractivity contribution in [1.82, 2.24) is 10.2 Å². The summed E-state index contributed by atoms with van der Waals surface area (Å²) in [5.41, 5.74) is 0.822. The molecule has 0 aromatic heterocycles. The second-order valence-electron chi connectivity index (χ2n) is 8.95. The van der Waals surface area contributed by atoms with Gasteiger partial charge in [0, 0.05) is 30.9 Å². The van der Waals surface area contributed by atoms with Gasteiger partial charge in [-0.25, -0.2) is 4.79 Å². The molecule has 6 heteroatoms. The fraction of sp³-hybridized carbons (Fsp3) is 0.480. The Hall–Kier alpha value is -2.73. The van der Waals surface area contributed by atoms with Crippen molar-refractivity contribution in [3.8, 4) is 11.5 Å². The number of benzene rings is 2. The Labute approximate surface area is 183 Å². The minimum absolute atomic E-state index is 0.0953. The molecule has 6 nitrogen and oxygen atoms in total. The van der Waals surface area contributed by atoms with Crippen molar-refractivity contribution in [1.29, 1.82) is 0 Å². The lowest BCUT2D eigenvalue weighted by Gasteiger charge is -2.41. The minimum Gasteiger partial charge on any atom is -0.486 e. The summed E-state index contributed by atoms with van der Waals surface area (Å²) >= 11 is 0. The SMILES string of the molecule is O=C(NCCC1CC2CCC(C1)N2CC1COc2ccccc2O1)Nc1ccccc1. The van der Waals surface area contributed by atoms with E-state index in [-0.39, 0.29) is 12.1 Å². The molecule has 0 aliphatic carbocycles. The largest absolute Gasteiger partial charge is 0.486 e. The summed E-state index contributed by atoms with van der Waals surface area (Å²) in [6.45, 7) is 2.28. The van der Waals surface area contributed by atoms with Crippen molar-refractivity contribution >= 4 is 11.7 Å². The van der Waals surface area contributed by atoms with Gasteiger partial charge in [0.25, 0.3) is 0 Å². The number of nitrogens with one attached hydrogen (secondary N) is 2. The van der Waals surface area contributed by atoms with E-state index in [1.165, 1.54) is 25.7 Å². The highest BCUT2D eigenvalue weighted by atomic mass is 16.6. The van der Waals surface area contributed by atoms with E-state index in [0.29, 0.717) is 24.6 Å². The predicted molar refractivity (Wildman–Crippen MR) is 121 cm³/mol. The summed E-state index contributed by atoms with van der Waals surface area (Å²) in [7, 11) is 0. The molecule has 3 unspecified atom stereocenters. The summed E-state index contributed by atoms with van der Waals surface area (Å²) in [6.07, 6.45) is 6.10.